The summed E-state index contributed by atoms with van der Waals surface area (Å²) >= 11 is 0. The van der Waals surface area contributed by atoms with Crippen LogP contribution in [0.4, 0.5) is 0 Å². The molecule has 1 atom stereocenters. The van der Waals surface area contributed by atoms with Crippen molar-refractivity contribution in [2.24, 2.45) is 5.73 Å². The van der Waals surface area contributed by atoms with Gasteiger partial charge in [0.1, 0.15) is 0 Å². The molecule has 1 saturated carbocycles. The molecule has 1 fully saturated rings. The number of benzene rings is 1. The highest BCUT2D eigenvalue weighted by Crippen LogP contribution is 2.40. The molecule has 0 heterocycles. The van der Waals surface area contributed by atoms with Gasteiger partial charge in [-0.3, -0.25) is 0 Å². The van der Waals surface area contributed by atoms with Gasteiger partial charge in [0.2, 0.25) is 0 Å². The molecule has 1 heteroatoms. The highest BCUT2D eigenvalue weighted by molar-refractivity contribution is 5.29. The third kappa shape index (κ3) is 2.58. The van der Waals surface area contributed by atoms with Crippen molar-refractivity contribution in [3.63, 3.8) is 0 Å². The van der Waals surface area contributed by atoms with Gasteiger partial charge in [0, 0.05) is 6.04 Å². The maximum absolute atomic E-state index is 5.75. The highest BCUT2D eigenvalue weighted by atomic mass is 14.6. The lowest BCUT2D eigenvalue weighted by Crippen LogP contribution is -2.15. The van der Waals surface area contributed by atoms with E-state index >= 15 is 0 Å². The van der Waals surface area contributed by atoms with Crippen LogP contribution in [0.15, 0.2) is 24.3 Å². The largest absolute Gasteiger partial charge is 0.328 e. The fraction of sp³-hybridized carbons (Fsp3) is 0.538. The SMILES string of the molecule is C[C@H](N)CCc1cccc(C2CC2)c1. The summed E-state index contributed by atoms with van der Waals surface area (Å²) in [4.78, 5) is 0. The Morgan fingerprint density at radius 2 is 2.21 bits per heavy atom. The lowest BCUT2D eigenvalue weighted by atomic mass is 10.0. The first-order valence-corrected chi connectivity index (χ1v) is 5.60. The van der Waals surface area contributed by atoms with Crippen molar-refractivity contribution < 1.29 is 0 Å². The van der Waals surface area contributed by atoms with Crippen molar-refractivity contribution in [2.45, 2.75) is 44.6 Å². The molecule has 0 radical (unpaired) electrons. The van der Waals surface area contributed by atoms with Gasteiger partial charge >= 0.3 is 0 Å². The molecule has 1 aliphatic carbocycles. The Balaban J connectivity index is 1.99. The summed E-state index contributed by atoms with van der Waals surface area (Å²) in [7, 11) is 0. The molecule has 0 unspecified atom stereocenters. The van der Waals surface area contributed by atoms with Gasteiger partial charge in [-0.25, -0.2) is 0 Å². The first-order valence-electron chi connectivity index (χ1n) is 5.60. The van der Waals surface area contributed by atoms with E-state index < -0.39 is 0 Å². The molecule has 2 N–H and O–H groups in total. The van der Waals surface area contributed by atoms with Gasteiger partial charge in [-0.05, 0) is 49.7 Å². The van der Waals surface area contributed by atoms with Crippen LogP contribution in [-0.2, 0) is 6.42 Å². The molecular formula is C13H19N. The van der Waals surface area contributed by atoms with Gasteiger partial charge in [0.25, 0.3) is 0 Å². The topological polar surface area (TPSA) is 26.0 Å². The molecule has 1 aromatic rings. The minimum atomic E-state index is 0.319. The van der Waals surface area contributed by atoms with E-state index in [0.717, 1.165) is 18.8 Å². The molecule has 0 aliphatic heterocycles. The van der Waals surface area contributed by atoms with Crippen LogP contribution in [0.25, 0.3) is 0 Å². The molecule has 1 aliphatic rings. The Morgan fingerprint density at radius 1 is 1.43 bits per heavy atom. The third-order valence-corrected chi connectivity index (χ3v) is 2.89. The molecule has 76 valence electrons. The molecule has 0 bridgehead atoms. The normalized spacial score (nSPS) is 18.1. The summed E-state index contributed by atoms with van der Waals surface area (Å²) in [6.07, 6.45) is 4.99. The molecule has 0 aromatic heterocycles. The van der Waals surface area contributed by atoms with Crippen LogP contribution in [0.3, 0.4) is 0 Å². The maximum atomic E-state index is 5.75. The van der Waals surface area contributed by atoms with E-state index in [9.17, 15) is 0 Å². The quantitative estimate of drug-likeness (QED) is 0.774. The zero-order valence-corrected chi connectivity index (χ0v) is 8.87. The van der Waals surface area contributed by atoms with E-state index in [1.54, 1.807) is 0 Å². The number of nitrogens with two attached hydrogens (primary N) is 1. The number of aryl methyl sites for hydroxylation is 1. The maximum Gasteiger partial charge on any atom is 0.00136 e. The Hall–Kier alpha value is -0.820. The Kier molecular flexibility index (Phi) is 2.87. The van der Waals surface area contributed by atoms with Crippen LogP contribution in [0.1, 0.15) is 43.2 Å². The fourth-order valence-corrected chi connectivity index (χ4v) is 1.81. The van der Waals surface area contributed by atoms with Crippen molar-refractivity contribution in [3.05, 3.63) is 35.4 Å². The van der Waals surface area contributed by atoms with Crippen LogP contribution in [0, 0.1) is 0 Å². The monoisotopic (exact) mass is 189 g/mol. The number of hydrogen-bond acceptors (Lipinski definition) is 1. The highest BCUT2D eigenvalue weighted by Gasteiger charge is 2.23. The second-order valence-corrected chi connectivity index (χ2v) is 4.54. The predicted octanol–water partition coefficient (Wildman–Crippen LogP) is 2.84. The smallest absolute Gasteiger partial charge is 0.00136 e. The molecule has 0 spiro atoms. The van der Waals surface area contributed by atoms with Crippen molar-refractivity contribution in [1.82, 2.24) is 0 Å². The minimum Gasteiger partial charge on any atom is -0.328 e. The lowest BCUT2D eigenvalue weighted by Gasteiger charge is -2.06. The summed E-state index contributed by atoms with van der Waals surface area (Å²) in [6, 6.07) is 9.34. The predicted molar refractivity (Wildman–Crippen MR) is 60.4 cm³/mol. The van der Waals surface area contributed by atoms with Crippen molar-refractivity contribution in [1.29, 1.82) is 0 Å². The molecular weight excluding hydrogens is 170 g/mol. The van der Waals surface area contributed by atoms with E-state index in [1.807, 2.05) is 0 Å². The molecule has 1 nitrogen and oxygen atoms in total. The zero-order valence-electron chi connectivity index (χ0n) is 8.87. The Labute approximate surface area is 86.3 Å². The van der Waals surface area contributed by atoms with Crippen molar-refractivity contribution in [3.8, 4) is 0 Å². The van der Waals surface area contributed by atoms with E-state index in [0.29, 0.717) is 6.04 Å². The van der Waals surface area contributed by atoms with Crippen LogP contribution in [0.2, 0.25) is 0 Å². The second kappa shape index (κ2) is 4.14. The van der Waals surface area contributed by atoms with Gasteiger partial charge in [0.15, 0.2) is 0 Å². The summed E-state index contributed by atoms with van der Waals surface area (Å²) in [5.41, 5.74) is 8.74. The lowest BCUT2D eigenvalue weighted by molar-refractivity contribution is 0.666. The average Bonchev–Trinajstić information content (AvgIpc) is 2.98. The minimum absolute atomic E-state index is 0.319. The van der Waals surface area contributed by atoms with Gasteiger partial charge < -0.3 is 5.73 Å². The van der Waals surface area contributed by atoms with Crippen molar-refractivity contribution in [2.75, 3.05) is 0 Å². The first-order chi connectivity index (χ1) is 6.75. The Morgan fingerprint density at radius 3 is 2.86 bits per heavy atom. The van der Waals surface area contributed by atoms with E-state index in [4.69, 9.17) is 5.73 Å². The number of hydrogen-bond donors (Lipinski definition) is 1. The van der Waals surface area contributed by atoms with Crippen molar-refractivity contribution >= 4 is 0 Å². The first kappa shape index (κ1) is 9.72. The second-order valence-electron chi connectivity index (χ2n) is 4.54. The summed E-state index contributed by atoms with van der Waals surface area (Å²) in [5.74, 6) is 0.866. The van der Waals surface area contributed by atoms with Crippen LogP contribution >= 0.6 is 0 Å². The molecule has 1 aromatic carbocycles. The van der Waals surface area contributed by atoms with Gasteiger partial charge in [-0.1, -0.05) is 24.3 Å². The van der Waals surface area contributed by atoms with Gasteiger partial charge in [0.05, 0.1) is 0 Å². The number of rotatable bonds is 4. The summed E-state index contributed by atoms with van der Waals surface area (Å²) in [6.45, 7) is 2.07. The van der Waals surface area contributed by atoms with E-state index in [2.05, 4.69) is 31.2 Å². The fourth-order valence-electron chi connectivity index (χ4n) is 1.81. The standard InChI is InChI=1S/C13H19N/c1-10(14)5-6-11-3-2-4-13(9-11)12-7-8-12/h2-4,9-10,12H,5-8,14H2,1H3/t10-/m0/s1. The van der Waals surface area contributed by atoms with Crippen LogP contribution < -0.4 is 5.73 Å². The van der Waals surface area contributed by atoms with Crippen LogP contribution in [-0.4, -0.2) is 6.04 Å². The van der Waals surface area contributed by atoms with E-state index in [-0.39, 0.29) is 0 Å². The van der Waals surface area contributed by atoms with Gasteiger partial charge in [-0.15, -0.1) is 0 Å². The van der Waals surface area contributed by atoms with E-state index in [1.165, 1.54) is 24.0 Å². The molecule has 0 saturated heterocycles. The third-order valence-electron chi connectivity index (χ3n) is 2.89. The molecule has 14 heavy (non-hydrogen) atoms. The molecule has 0 amide bonds. The average molecular weight is 189 g/mol. The summed E-state index contributed by atoms with van der Waals surface area (Å²) in [5, 5.41) is 0. The van der Waals surface area contributed by atoms with Gasteiger partial charge in [-0.2, -0.15) is 0 Å². The summed E-state index contributed by atoms with van der Waals surface area (Å²) < 4.78 is 0. The van der Waals surface area contributed by atoms with Crippen LogP contribution in [0.5, 0.6) is 0 Å². The zero-order chi connectivity index (χ0) is 9.97. The Bertz CT molecular complexity index is 300. The molecule has 2 rings (SSSR count).